The third-order valence-electron chi connectivity index (χ3n) is 2.35. The molecule has 1 aromatic rings. The van der Waals surface area contributed by atoms with Crippen molar-refractivity contribution in [3.05, 3.63) is 29.6 Å². The van der Waals surface area contributed by atoms with E-state index in [1.165, 1.54) is 11.1 Å². The largest absolute Gasteiger partial charge is 0.328 e. The molecule has 3 heteroatoms. The van der Waals surface area contributed by atoms with E-state index in [0.29, 0.717) is 0 Å². The molecule has 0 spiro atoms. The van der Waals surface area contributed by atoms with Crippen LogP contribution in [0.25, 0.3) is 0 Å². The second kappa shape index (κ2) is 5.83. The van der Waals surface area contributed by atoms with Crippen molar-refractivity contribution < 1.29 is 0 Å². The maximum atomic E-state index is 5.72. The summed E-state index contributed by atoms with van der Waals surface area (Å²) in [7, 11) is 2.12. The Morgan fingerprint density at radius 2 is 2.20 bits per heavy atom. The predicted molar refractivity (Wildman–Crippen MR) is 63.6 cm³/mol. The van der Waals surface area contributed by atoms with Gasteiger partial charge in [0.2, 0.25) is 0 Å². The van der Waals surface area contributed by atoms with Gasteiger partial charge < -0.3 is 10.6 Å². The molecule has 0 bridgehead atoms. The average Bonchev–Trinajstić information content (AvgIpc) is 2.15. The Kier molecular flexibility index (Phi) is 4.72. The summed E-state index contributed by atoms with van der Waals surface area (Å²) in [4.78, 5) is 6.46. The maximum absolute atomic E-state index is 5.72. The van der Waals surface area contributed by atoms with Gasteiger partial charge in [0, 0.05) is 25.0 Å². The fraction of sp³-hybridized carbons (Fsp3) is 0.583. The molecule has 0 aromatic carbocycles. The lowest BCUT2D eigenvalue weighted by Gasteiger charge is -2.17. The van der Waals surface area contributed by atoms with E-state index in [1.807, 2.05) is 19.3 Å². The summed E-state index contributed by atoms with van der Waals surface area (Å²) >= 11 is 0. The van der Waals surface area contributed by atoms with Crippen LogP contribution in [0.15, 0.2) is 18.5 Å². The normalized spacial score (nSPS) is 13.1. The number of aryl methyl sites for hydroxylation is 1. The van der Waals surface area contributed by atoms with Gasteiger partial charge in [-0.3, -0.25) is 4.98 Å². The molecule has 0 saturated carbocycles. The number of hydrogen-bond acceptors (Lipinski definition) is 3. The zero-order chi connectivity index (χ0) is 11.3. The number of nitrogens with zero attached hydrogens (tertiary/aromatic N) is 2. The van der Waals surface area contributed by atoms with Crippen LogP contribution in [0.3, 0.4) is 0 Å². The molecule has 1 unspecified atom stereocenters. The van der Waals surface area contributed by atoms with Crippen LogP contribution in [-0.4, -0.2) is 29.5 Å². The molecule has 3 nitrogen and oxygen atoms in total. The molecule has 84 valence electrons. The molecular formula is C12H21N3. The summed E-state index contributed by atoms with van der Waals surface area (Å²) in [6, 6.07) is 2.46. The minimum atomic E-state index is 0.281. The van der Waals surface area contributed by atoms with Crippen LogP contribution >= 0.6 is 0 Å². The quantitative estimate of drug-likeness (QED) is 0.796. The van der Waals surface area contributed by atoms with Crippen molar-refractivity contribution in [1.82, 2.24) is 9.88 Å². The van der Waals surface area contributed by atoms with Crippen molar-refractivity contribution in [3.63, 3.8) is 0 Å². The molecule has 1 atom stereocenters. The van der Waals surface area contributed by atoms with Crippen LogP contribution in [-0.2, 0) is 6.54 Å². The Morgan fingerprint density at radius 3 is 2.80 bits per heavy atom. The second-order valence-electron chi connectivity index (χ2n) is 4.37. The van der Waals surface area contributed by atoms with E-state index >= 15 is 0 Å². The molecule has 0 aliphatic rings. The van der Waals surface area contributed by atoms with E-state index in [1.54, 1.807) is 0 Å². The molecule has 0 radical (unpaired) electrons. The Morgan fingerprint density at radius 1 is 1.47 bits per heavy atom. The first-order valence-electron chi connectivity index (χ1n) is 5.42. The van der Waals surface area contributed by atoms with E-state index in [9.17, 15) is 0 Å². The third kappa shape index (κ3) is 4.91. The zero-order valence-corrected chi connectivity index (χ0v) is 9.90. The molecule has 1 aromatic heterocycles. The topological polar surface area (TPSA) is 42.2 Å². The standard InChI is InChI=1S/C12H21N3/c1-10-6-12(8-14-7-10)9-15(3)5-4-11(2)13/h6-8,11H,4-5,9,13H2,1-3H3. The van der Waals surface area contributed by atoms with Gasteiger partial charge in [-0.2, -0.15) is 0 Å². The number of pyridine rings is 1. The molecule has 0 aliphatic heterocycles. The van der Waals surface area contributed by atoms with Crippen LogP contribution < -0.4 is 5.73 Å². The Hall–Kier alpha value is -0.930. The first-order chi connectivity index (χ1) is 7.08. The van der Waals surface area contributed by atoms with Crippen LogP contribution in [0.1, 0.15) is 24.5 Å². The van der Waals surface area contributed by atoms with Crippen molar-refractivity contribution in [1.29, 1.82) is 0 Å². The number of hydrogen-bond donors (Lipinski definition) is 1. The molecule has 0 aliphatic carbocycles. The smallest absolute Gasteiger partial charge is 0.0313 e. The summed E-state index contributed by atoms with van der Waals surface area (Å²) in [5, 5.41) is 0. The second-order valence-corrected chi connectivity index (χ2v) is 4.37. The molecule has 0 saturated heterocycles. The van der Waals surface area contributed by atoms with Crippen molar-refractivity contribution in [2.75, 3.05) is 13.6 Å². The van der Waals surface area contributed by atoms with Crippen molar-refractivity contribution in [3.8, 4) is 0 Å². The first-order valence-corrected chi connectivity index (χ1v) is 5.42. The van der Waals surface area contributed by atoms with E-state index < -0.39 is 0 Å². The highest BCUT2D eigenvalue weighted by Crippen LogP contribution is 2.04. The molecular weight excluding hydrogens is 186 g/mol. The lowest BCUT2D eigenvalue weighted by molar-refractivity contribution is 0.313. The monoisotopic (exact) mass is 207 g/mol. The van der Waals surface area contributed by atoms with Gasteiger partial charge in [0.1, 0.15) is 0 Å². The summed E-state index contributed by atoms with van der Waals surface area (Å²) in [6.45, 7) is 6.09. The minimum absolute atomic E-state index is 0.281. The Balaban J connectivity index is 2.40. The van der Waals surface area contributed by atoms with Crippen molar-refractivity contribution in [2.24, 2.45) is 5.73 Å². The van der Waals surface area contributed by atoms with Gasteiger partial charge in [0.15, 0.2) is 0 Å². The number of nitrogens with two attached hydrogens (primary N) is 1. The molecule has 1 rings (SSSR count). The summed E-state index contributed by atoms with van der Waals surface area (Å²) in [5.41, 5.74) is 8.20. The van der Waals surface area contributed by atoms with Crippen LogP contribution in [0.4, 0.5) is 0 Å². The molecule has 1 heterocycles. The first kappa shape index (κ1) is 12.1. The highest BCUT2D eigenvalue weighted by atomic mass is 15.1. The predicted octanol–water partition coefficient (Wildman–Crippen LogP) is 1.56. The molecule has 0 fully saturated rings. The highest BCUT2D eigenvalue weighted by Gasteiger charge is 2.02. The number of aromatic nitrogens is 1. The zero-order valence-electron chi connectivity index (χ0n) is 9.90. The van der Waals surface area contributed by atoms with E-state index in [-0.39, 0.29) is 6.04 Å². The molecule has 15 heavy (non-hydrogen) atoms. The van der Waals surface area contributed by atoms with Crippen LogP contribution in [0.5, 0.6) is 0 Å². The van der Waals surface area contributed by atoms with E-state index in [4.69, 9.17) is 5.73 Å². The number of rotatable bonds is 5. The highest BCUT2D eigenvalue weighted by molar-refractivity contribution is 5.16. The fourth-order valence-electron chi connectivity index (χ4n) is 1.52. The van der Waals surface area contributed by atoms with Gasteiger partial charge in [-0.25, -0.2) is 0 Å². The van der Waals surface area contributed by atoms with Gasteiger partial charge in [-0.15, -0.1) is 0 Å². The van der Waals surface area contributed by atoms with E-state index in [0.717, 1.165) is 19.5 Å². The minimum Gasteiger partial charge on any atom is -0.328 e. The summed E-state index contributed by atoms with van der Waals surface area (Å²) in [6.07, 6.45) is 4.84. The third-order valence-corrected chi connectivity index (χ3v) is 2.35. The molecule has 0 amide bonds. The van der Waals surface area contributed by atoms with Gasteiger partial charge in [-0.05, 0) is 45.0 Å². The van der Waals surface area contributed by atoms with Gasteiger partial charge in [-0.1, -0.05) is 6.07 Å². The van der Waals surface area contributed by atoms with Gasteiger partial charge >= 0.3 is 0 Å². The summed E-state index contributed by atoms with van der Waals surface area (Å²) in [5.74, 6) is 0. The van der Waals surface area contributed by atoms with Crippen LogP contribution in [0.2, 0.25) is 0 Å². The van der Waals surface area contributed by atoms with Crippen molar-refractivity contribution >= 4 is 0 Å². The van der Waals surface area contributed by atoms with Crippen molar-refractivity contribution in [2.45, 2.75) is 32.9 Å². The molecule has 2 N–H and O–H groups in total. The Bertz CT molecular complexity index is 297. The van der Waals surface area contributed by atoms with E-state index in [2.05, 4.69) is 29.9 Å². The van der Waals surface area contributed by atoms with Gasteiger partial charge in [0.05, 0.1) is 0 Å². The van der Waals surface area contributed by atoms with Gasteiger partial charge in [0.25, 0.3) is 0 Å². The lowest BCUT2D eigenvalue weighted by Crippen LogP contribution is -2.25. The fourth-order valence-corrected chi connectivity index (χ4v) is 1.52. The van der Waals surface area contributed by atoms with Crippen LogP contribution in [0, 0.1) is 6.92 Å². The Labute approximate surface area is 92.3 Å². The SMILES string of the molecule is Cc1cncc(CN(C)CCC(C)N)c1. The lowest BCUT2D eigenvalue weighted by atomic mass is 10.2. The maximum Gasteiger partial charge on any atom is 0.0313 e. The average molecular weight is 207 g/mol. The summed E-state index contributed by atoms with van der Waals surface area (Å²) < 4.78 is 0.